The van der Waals surface area contributed by atoms with Crippen LogP contribution in [0.15, 0.2) is 24.3 Å². The van der Waals surface area contributed by atoms with Crippen LogP contribution >= 0.6 is 0 Å². The van der Waals surface area contributed by atoms with E-state index in [1.807, 2.05) is 24.1 Å². The second-order valence-electron chi connectivity index (χ2n) is 5.54. The lowest BCUT2D eigenvalue weighted by Crippen LogP contribution is -2.40. The third-order valence-electron chi connectivity index (χ3n) is 3.88. The molecule has 0 aromatic heterocycles. The first-order valence-electron chi connectivity index (χ1n) is 7.04. The highest BCUT2D eigenvalue weighted by Crippen LogP contribution is 2.18. The van der Waals surface area contributed by atoms with E-state index in [0.717, 1.165) is 31.6 Å². The summed E-state index contributed by atoms with van der Waals surface area (Å²) in [6.45, 7) is 5.83. The Balaban J connectivity index is 2.05. The fourth-order valence-electron chi connectivity index (χ4n) is 2.45. The molecule has 0 aliphatic carbocycles. The molecule has 0 bridgehead atoms. The van der Waals surface area contributed by atoms with Gasteiger partial charge in [0.1, 0.15) is 0 Å². The monoisotopic (exact) mass is 261 g/mol. The zero-order chi connectivity index (χ0) is 13.8. The van der Waals surface area contributed by atoms with Gasteiger partial charge in [-0.3, -0.25) is 4.79 Å². The zero-order valence-electron chi connectivity index (χ0n) is 12.1. The van der Waals surface area contributed by atoms with Crippen LogP contribution < -0.4 is 0 Å². The van der Waals surface area contributed by atoms with E-state index in [-0.39, 0.29) is 5.91 Å². The molecule has 0 N–H and O–H groups in total. The van der Waals surface area contributed by atoms with Gasteiger partial charge < -0.3 is 9.64 Å². The molecule has 0 spiro atoms. The average Bonchev–Trinajstić information content (AvgIpc) is 2.46. The summed E-state index contributed by atoms with van der Waals surface area (Å²) in [6, 6.07) is 8.29. The number of benzene rings is 1. The molecule has 1 aromatic carbocycles. The molecule has 1 fully saturated rings. The topological polar surface area (TPSA) is 29.5 Å². The Kier molecular flexibility index (Phi) is 4.59. The molecule has 3 heteroatoms. The van der Waals surface area contributed by atoms with E-state index in [1.54, 1.807) is 0 Å². The van der Waals surface area contributed by atoms with Crippen molar-refractivity contribution in [1.82, 2.24) is 4.90 Å². The van der Waals surface area contributed by atoms with Gasteiger partial charge in [-0.05, 0) is 36.5 Å². The largest absolute Gasteiger partial charge is 0.381 e. The van der Waals surface area contributed by atoms with Crippen LogP contribution in [-0.4, -0.2) is 37.1 Å². The van der Waals surface area contributed by atoms with Crippen LogP contribution in [-0.2, 0) is 4.74 Å². The molecular weight excluding hydrogens is 238 g/mol. The standard InChI is InChI=1S/C16H23NO2/c1-12(2)13-4-6-14(7-5-13)16(18)17(3)15-8-10-19-11-9-15/h4-7,12,15H,8-11H2,1-3H3. The van der Waals surface area contributed by atoms with Crippen LogP contribution in [0.3, 0.4) is 0 Å². The quantitative estimate of drug-likeness (QED) is 0.837. The number of carbonyl (C=O) groups is 1. The lowest BCUT2D eigenvalue weighted by molar-refractivity contribution is 0.0362. The third kappa shape index (κ3) is 3.35. The maximum atomic E-state index is 12.4. The van der Waals surface area contributed by atoms with Crippen molar-refractivity contribution < 1.29 is 9.53 Å². The van der Waals surface area contributed by atoms with Crippen molar-refractivity contribution in [2.75, 3.05) is 20.3 Å². The Labute approximate surface area is 115 Å². The van der Waals surface area contributed by atoms with Gasteiger partial charge in [0.2, 0.25) is 0 Å². The lowest BCUT2D eigenvalue weighted by Gasteiger charge is -2.31. The molecule has 0 atom stereocenters. The third-order valence-corrected chi connectivity index (χ3v) is 3.88. The highest BCUT2D eigenvalue weighted by Gasteiger charge is 2.23. The molecule has 1 heterocycles. The number of ether oxygens (including phenoxy) is 1. The van der Waals surface area contributed by atoms with Gasteiger partial charge in [-0.15, -0.1) is 0 Å². The number of hydrogen-bond donors (Lipinski definition) is 0. The highest BCUT2D eigenvalue weighted by molar-refractivity contribution is 5.94. The van der Waals surface area contributed by atoms with Crippen molar-refractivity contribution in [2.45, 2.75) is 38.6 Å². The Morgan fingerprint density at radius 2 is 1.79 bits per heavy atom. The number of amides is 1. The smallest absolute Gasteiger partial charge is 0.253 e. The summed E-state index contributed by atoms with van der Waals surface area (Å²) in [5.41, 5.74) is 2.05. The second-order valence-corrected chi connectivity index (χ2v) is 5.54. The predicted octanol–water partition coefficient (Wildman–Crippen LogP) is 3.06. The predicted molar refractivity (Wildman–Crippen MR) is 76.5 cm³/mol. The molecule has 19 heavy (non-hydrogen) atoms. The van der Waals surface area contributed by atoms with Crippen molar-refractivity contribution in [3.8, 4) is 0 Å². The molecule has 1 aliphatic heterocycles. The first kappa shape index (κ1) is 14.1. The van der Waals surface area contributed by atoms with E-state index in [4.69, 9.17) is 4.74 Å². The van der Waals surface area contributed by atoms with E-state index in [1.165, 1.54) is 5.56 Å². The molecule has 1 aromatic rings. The van der Waals surface area contributed by atoms with E-state index in [0.29, 0.717) is 12.0 Å². The summed E-state index contributed by atoms with van der Waals surface area (Å²) in [4.78, 5) is 14.3. The highest BCUT2D eigenvalue weighted by atomic mass is 16.5. The molecule has 0 unspecified atom stereocenters. The van der Waals surface area contributed by atoms with Crippen LogP contribution in [0.4, 0.5) is 0 Å². The molecule has 2 rings (SSSR count). The molecule has 1 aliphatic rings. The van der Waals surface area contributed by atoms with Crippen LogP contribution in [0.25, 0.3) is 0 Å². The molecule has 0 saturated carbocycles. The van der Waals surface area contributed by atoms with Crippen molar-refractivity contribution in [3.63, 3.8) is 0 Å². The number of nitrogens with zero attached hydrogens (tertiary/aromatic N) is 1. The van der Waals surface area contributed by atoms with Gasteiger partial charge in [0.25, 0.3) is 5.91 Å². The van der Waals surface area contributed by atoms with Gasteiger partial charge in [0.05, 0.1) is 0 Å². The van der Waals surface area contributed by atoms with Crippen molar-refractivity contribution in [1.29, 1.82) is 0 Å². The SMILES string of the molecule is CC(C)c1ccc(C(=O)N(C)C2CCOCC2)cc1. The molecule has 1 saturated heterocycles. The molecule has 1 amide bonds. The minimum Gasteiger partial charge on any atom is -0.381 e. The maximum absolute atomic E-state index is 12.4. The Morgan fingerprint density at radius 3 is 2.32 bits per heavy atom. The normalized spacial score (nSPS) is 16.6. The van der Waals surface area contributed by atoms with E-state index >= 15 is 0 Å². The van der Waals surface area contributed by atoms with E-state index < -0.39 is 0 Å². The summed E-state index contributed by atoms with van der Waals surface area (Å²) in [5, 5.41) is 0. The van der Waals surface area contributed by atoms with Crippen molar-refractivity contribution in [3.05, 3.63) is 35.4 Å². The van der Waals surface area contributed by atoms with Crippen LogP contribution in [0.2, 0.25) is 0 Å². The maximum Gasteiger partial charge on any atom is 0.253 e. The van der Waals surface area contributed by atoms with Gasteiger partial charge in [0.15, 0.2) is 0 Å². The lowest BCUT2D eigenvalue weighted by atomic mass is 10.0. The summed E-state index contributed by atoms with van der Waals surface area (Å²) in [6.07, 6.45) is 1.87. The molecule has 3 nitrogen and oxygen atoms in total. The molecular formula is C16H23NO2. The Bertz CT molecular complexity index is 419. The number of carbonyl (C=O) groups excluding carboxylic acids is 1. The van der Waals surface area contributed by atoms with Crippen molar-refractivity contribution in [2.24, 2.45) is 0 Å². The van der Waals surface area contributed by atoms with Crippen molar-refractivity contribution >= 4 is 5.91 Å². The first-order chi connectivity index (χ1) is 9.09. The van der Waals surface area contributed by atoms with Crippen LogP contribution in [0.1, 0.15) is 48.5 Å². The Morgan fingerprint density at radius 1 is 1.21 bits per heavy atom. The summed E-state index contributed by atoms with van der Waals surface area (Å²) in [7, 11) is 1.90. The van der Waals surface area contributed by atoms with E-state index in [9.17, 15) is 4.79 Å². The fraction of sp³-hybridized carbons (Fsp3) is 0.562. The van der Waals surface area contributed by atoms with Crippen LogP contribution in [0, 0.1) is 0 Å². The molecule has 0 radical (unpaired) electrons. The second kappa shape index (κ2) is 6.20. The first-order valence-corrected chi connectivity index (χ1v) is 7.04. The average molecular weight is 261 g/mol. The van der Waals surface area contributed by atoms with E-state index in [2.05, 4.69) is 26.0 Å². The fourth-order valence-corrected chi connectivity index (χ4v) is 2.45. The minimum absolute atomic E-state index is 0.113. The molecule has 104 valence electrons. The summed E-state index contributed by atoms with van der Waals surface area (Å²) < 4.78 is 5.34. The number of hydrogen-bond acceptors (Lipinski definition) is 2. The zero-order valence-corrected chi connectivity index (χ0v) is 12.1. The van der Waals surface area contributed by atoms with Gasteiger partial charge in [-0.25, -0.2) is 0 Å². The van der Waals surface area contributed by atoms with Gasteiger partial charge in [-0.2, -0.15) is 0 Å². The van der Waals surface area contributed by atoms with Gasteiger partial charge in [0, 0.05) is 31.9 Å². The summed E-state index contributed by atoms with van der Waals surface area (Å²) in [5.74, 6) is 0.611. The van der Waals surface area contributed by atoms with Gasteiger partial charge >= 0.3 is 0 Å². The van der Waals surface area contributed by atoms with Crippen LogP contribution in [0.5, 0.6) is 0 Å². The minimum atomic E-state index is 0.113. The number of rotatable bonds is 3. The summed E-state index contributed by atoms with van der Waals surface area (Å²) >= 11 is 0. The Hall–Kier alpha value is -1.35. The van der Waals surface area contributed by atoms with Gasteiger partial charge in [-0.1, -0.05) is 26.0 Å².